The first-order valence-electron chi connectivity index (χ1n) is 8.44. The summed E-state index contributed by atoms with van der Waals surface area (Å²) in [6.45, 7) is 10.7. The standard InChI is InChI=1S/C17H31NO2/c1-16(2)13-6-7-17(3,10-13)15(16)20-12-14(19)11-18-8-4-5-9-18/h13-15,19H,4-12H2,1-3H3/t13-,14+,15-,17+/m0/s1. The number of likely N-dealkylation sites (tertiary alicyclic amines) is 1. The first-order chi connectivity index (χ1) is 9.42. The molecular weight excluding hydrogens is 250 g/mol. The van der Waals surface area contributed by atoms with E-state index in [1.807, 2.05) is 0 Å². The molecule has 0 radical (unpaired) electrons. The second-order valence-corrected chi connectivity index (χ2v) is 8.29. The number of fused-ring (bicyclic) bond motifs is 2. The summed E-state index contributed by atoms with van der Waals surface area (Å²) < 4.78 is 6.25. The molecular formula is C17H31NO2. The quantitative estimate of drug-likeness (QED) is 0.841. The van der Waals surface area contributed by atoms with Crippen LogP contribution in [-0.2, 0) is 4.74 Å². The van der Waals surface area contributed by atoms with Gasteiger partial charge in [0.25, 0.3) is 0 Å². The molecule has 0 amide bonds. The van der Waals surface area contributed by atoms with Crippen LogP contribution in [0, 0.1) is 16.7 Å². The van der Waals surface area contributed by atoms with Gasteiger partial charge in [0.15, 0.2) is 0 Å². The Balaban J connectivity index is 1.52. The average molecular weight is 281 g/mol. The van der Waals surface area contributed by atoms with Crippen LogP contribution in [0.4, 0.5) is 0 Å². The van der Waals surface area contributed by atoms with Crippen LogP contribution in [0.25, 0.3) is 0 Å². The van der Waals surface area contributed by atoms with Gasteiger partial charge in [0.2, 0.25) is 0 Å². The highest BCUT2D eigenvalue weighted by Crippen LogP contribution is 2.63. The van der Waals surface area contributed by atoms with Gasteiger partial charge in [-0.2, -0.15) is 0 Å². The highest BCUT2D eigenvalue weighted by atomic mass is 16.5. The maximum atomic E-state index is 10.2. The molecule has 3 rings (SSSR count). The molecule has 2 aliphatic carbocycles. The molecule has 4 atom stereocenters. The van der Waals surface area contributed by atoms with Crippen LogP contribution in [-0.4, -0.2) is 48.5 Å². The van der Waals surface area contributed by atoms with E-state index >= 15 is 0 Å². The van der Waals surface area contributed by atoms with Gasteiger partial charge >= 0.3 is 0 Å². The predicted octanol–water partition coefficient (Wildman–Crippen LogP) is 2.67. The smallest absolute Gasteiger partial charge is 0.0900 e. The summed E-state index contributed by atoms with van der Waals surface area (Å²) in [6, 6.07) is 0. The summed E-state index contributed by atoms with van der Waals surface area (Å²) in [6.07, 6.45) is 6.53. The zero-order chi connectivity index (χ0) is 14.4. The summed E-state index contributed by atoms with van der Waals surface area (Å²) >= 11 is 0. The zero-order valence-corrected chi connectivity index (χ0v) is 13.4. The molecule has 116 valence electrons. The molecule has 3 heteroatoms. The van der Waals surface area contributed by atoms with E-state index in [2.05, 4.69) is 25.7 Å². The molecule has 20 heavy (non-hydrogen) atoms. The van der Waals surface area contributed by atoms with Crippen LogP contribution < -0.4 is 0 Å². The van der Waals surface area contributed by atoms with Gasteiger partial charge in [-0.1, -0.05) is 20.8 Å². The molecule has 0 spiro atoms. The molecule has 0 unspecified atom stereocenters. The van der Waals surface area contributed by atoms with Crippen molar-refractivity contribution < 1.29 is 9.84 Å². The van der Waals surface area contributed by atoms with Gasteiger partial charge < -0.3 is 14.7 Å². The van der Waals surface area contributed by atoms with Gasteiger partial charge in [0, 0.05) is 6.54 Å². The third kappa shape index (κ3) is 2.53. The molecule has 2 saturated carbocycles. The fourth-order valence-corrected chi connectivity index (χ4v) is 5.20. The minimum absolute atomic E-state index is 0.278. The van der Waals surface area contributed by atoms with Crippen molar-refractivity contribution in [2.45, 2.75) is 65.1 Å². The monoisotopic (exact) mass is 281 g/mol. The van der Waals surface area contributed by atoms with E-state index in [9.17, 15) is 5.11 Å². The average Bonchev–Trinajstić information content (AvgIpc) is 3.02. The Hall–Kier alpha value is -0.120. The SMILES string of the molecule is CC1(C)[C@H]2CC[C@](C)(C2)[C@H]1OC[C@H](O)CN1CCCC1. The van der Waals surface area contributed by atoms with Crippen molar-refractivity contribution in [1.29, 1.82) is 0 Å². The number of rotatable bonds is 5. The molecule has 1 aliphatic heterocycles. The zero-order valence-electron chi connectivity index (χ0n) is 13.4. The normalized spacial score (nSPS) is 41.4. The molecule has 0 aromatic carbocycles. The molecule has 3 aliphatic rings. The summed E-state index contributed by atoms with van der Waals surface area (Å²) in [5, 5.41) is 10.2. The Bertz CT molecular complexity index is 346. The summed E-state index contributed by atoms with van der Waals surface area (Å²) in [4.78, 5) is 2.36. The number of hydrogen-bond donors (Lipinski definition) is 1. The molecule has 3 fully saturated rings. The lowest BCUT2D eigenvalue weighted by atomic mass is 9.70. The Labute approximate surface area is 123 Å². The minimum atomic E-state index is -0.327. The number of nitrogens with zero attached hydrogens (tertiary/aromatic N) is 1. The first-order valence-corrected chi connectivity index (χ1v) is 8.44. The van der Waals surface area contributed by atoms with Crippen LogP contribution >= 0.6 is 0 Å². The van der Waals surface area contributed by atoms with Crippen LogP contribution in [0.3, 0.4) is 0 Å². The molecule has 2 bridgehead atoms. The molecule has 1 saturated heterocycles. The van der Waals surface area contributed by atoms with Gasteiger partial charge in [-0.25, -0.2) is 0 Å². The lowest BCUT2D eigenvalue weighted by Crippen LogP contribution is -2.44. The highest BCUT2D eigenvalue weighted by Gasteiger charge is 2.60. The van der Waals surface area contributed by atoms with E-state index in [0.29, 0.717) is 18.1 Å². The van der Waals surface area contributed by atoms with Gasteiger partial charge in [-0.3, -0.25) is 0 Å². The van der Waals surface area contributed by atoms with Crippen molar-refractivity contribution in [1.82, 2.24) is 4.90 Å². The second-order valence-electron chi connectivity index (χ2n) is 8.29. The third-order valence-corrected chi connectivity index (χ3v) is 6.26. The maximum absolute atomic E-state index is 10.2. The van der Waals surface area contributed by atoms with E-state index in [0.717, 1.165) is 25.6 Å². The van der Waals surface area contributed by atoms with Crippen molar-refractivity contribution in [3.63, 3.8) is 0 Å². The first kappa shape index (κ1) is 14.8. The Morgan fingerprint density at radius 2 is 1.95 bits per heavy atom. The van der Waals surface area contributed by atoms with Gasteiger partial charge in [-0.15, -0.1) is 0 Å². The van der Waals surface area contributed by atoms with Crippen molar-refractivity contribution in [2.24, 2.45) is 16.7 Å². The largest absolute Gasteiger partial charge is 0.389 e. The van der Waals surface area contributed by atoms with Gasteiger partial charge in [0.05, 0.1) is 18.8 Å². The van der Waals surface area contributed by atoms with E-state index in [4.69, 9.17) is 4.74 Å². The third-order valence-electron chi connectivity index (χ3n) is 6.26. The Kier molecular flexibility index (Phi) is 3.89. The Morgan fingerprint density at radius 3 is 2.55 bits per heavy atom. The fourth-order valence-electron chi connectivity index (χ4n) is 5.20. The summed E-state index contributed by atoms with van der Waals surface area (Å²) in [5.41, 5.74) is 0.627. The highest BCUT2D eigenvalue weighted by molar-refractivity contribution is 5.09. The van der Waals surface area contributed by atoms with Crippen molar-refractivity contribution in [3.05, 3.63) is 0 Å². The number of aliphatic hydroxyl groups excluding tert-OH is 1. The van der Waals surface area contributed by atoms with Gasteiger partial charge in [-0.05, 0) is 61.9 Å². The molecule has 1 heterocycles. The Morgan fingerprint density at radius 1 is 1.25 bits per heavy atom. The molecule has 0 aromatic heterocycles. The second kappa shape index (κ2) is 5.26. The lowest BCUT2D eigenvalue weighted by molar-refractivity contribution is -0.113. The van der Waals surface area contributed by atoms with Crippen LogP contribution in [0.1, 0.15) is 52.9 Å². The topological polar surface area (TPSA) is 32.7 Å². The number of ether oxygens (including phenoxy) is 1. The van der Waals surface area contributed by atoms with E-state index in [1.54, 1.807) is 0 Å². The van der Waals surface area contributed by atoms with E-state index < -0.39 is 0 Å². The van der Waals surface area contributed by atoms with Crippen LogP contribution in [0.15, 0.2) is 0 Å². The number of β-amino-alcohol motifs (C(OH)–C–C–N with tert-alkyl or cyclic N) is 1. The lowest BCUT2D eigenvalue weighted by Gasteiger charge is -2.42. The van der Waals surface area contributed by atoms with Gasteiger partial charge in [0.1, 0.15) is 0 Å². The van der Waals surface area contributed by atoms with Crippen LogP contribution in [0.5, 0.6) is 0 Å². The van der Waals surface area contributed by atoms with E-state index in [-0.39, 0.29) is 11.5 Å². The molecule has 0 aromatic rings. The van der Waals surface area contributed by atoms with E-state index in [1.165, 1.54) is 32.1 Å². The molecule has 1 N–H and O–H groups in total. The molecule has 3 nitrogen and oxygen atoms in total. The summed E-state index contributed by atoms with van der Waals surface area (Å²) in [5.74, 6) is 0.813. The summed E-state index contributed by atoms with van der Waals surface area (Å²) in [7, 11) is 0. The number of aliphatic hydroxyl groups is 1. The fraction of sp³-hybridized carbons (Fsp3) is 1.00. The van der Waals surface area contributed by atoms with Crippen molar-refractivity contribution >= 4 is 0 Å². The maximum Gasteiger partial charge on any atom is 0.0900 e. The number of hydrogen-bond acceptors (Lipinski definition) is 3. The van der Waals surface area contributed by atoms with Crippen molar-refractivity contribution in [2.75, 3.05) is 26.2 Å². The van der Waals surface area contributed by atoms with Crippen molar-refractivity contribution in [3.8, 4) is 0 Å². The predicted molar refractivity (Wildman–Crippen MR) is 80.6 cm³/mol. The van der Waals surface area contributed by atoms with Crippen LogP contribution in [0.2, 0.25) is 0 Å². The minimum Gasteiger partial charge on any atom is -0.389 e.